The number of hydrogen-bond acceptors (Lipinski definition) is 6. The molecular formula is C21H20N6O3. The minimum Gasteiger partial charge on any atom is -0.508 e. The quantitative estimate of drug-likeness (QED) is 0.470. The number of aromatic hydroxyl groups is 1. The third-order valence-electron chi connectivity index (χ3n) is 4.57. The van der Waals surface area contributed by atoms with Gasteiger partial charge >= 0.3 is 6.03 Å². The topological polar surface area (TPSA) is 114 Å². The molecule has 9 nitrogen and oxygen atoms in total. The average Bonchev–Trinajstić information content (AvgIpc) is 3.16. The molecule has 0 aliphatic rings. The Hall–Kier alpha value is -4.14. The third kappa shape index (κ3) is 4.00. The summed E-state index contributed by atoms with van der Waals surface area (Å²) in [4.78, 5) is 20.9. The summed E-state index contributed by atoms with van der Waals surface area (Å²) in [5.41, 5.74) is 2.46. The van der Waals surface area contributed by atoms with Gasteiger partial charge in [-0.05, 0) is 55.0 Å². The number of nitrogens with zero attached hydrogens (tertiary/aromatic N) is 4. The van der Waals surface area contributed by atoms with Crippen LogP contribution in [0.3, 0.4) is 0 Å². The molecule has 9 heteroatoms. The van der Waals surface area contributed by atoms with Gasteiger partial charge in [-0.1, -0.05) is 12.1 Å². The number of carbonyl (C=O) groups is 1. The van der Waals surface area contributed by atoms with Crippen LogP contribution in [0.2, 0.25) is 0 Å². The molecule has 2 amide bonds. The van der Waals surface area contributed by atoms with E-state index in [1.165, 1.54) is 4.52 Å². The summed E-state index contributed by atoms with van der Waals surface area (Å²) in [6.07, 6.45) is 1.61. The van der Waals surface area contributed by atoms with Gasteiger partial charge in [-0.15, -0.1) is 5.10 Å². The monoisotopic (exact) mass is 404 g/mol. The predicted octanol–water partition coefficient (Wildman–Crippen LogP) is 3.39. The van der Waals surface area contributed by atoms with E-state index in [-0.39, 0.29) is 17.7 Å². The van der Waals surface area contributed by atoms with Crippen LogP contribution in [-0.2, 0) is 0 Å². The molecule has 0 bridgehead atoms. The summed E-state index contributed by atoms with van der Waals surface area (Å²) in [5, 5.41) is 19.3. The highest BCUT2D eigenvalue weighted by atomic mass is 16.5. The highest BCUT2D eigenvalue weighted by molar-refractivity contribution is 5.87. The lowest BCUT2D eigenvalue weighted by molar-refractivity contribution is 0.249. The fourth-order valence-corrected chi connectivity index (χ4v) is 3.03. The van der Waals surface area contributed by atoms with Crippen molar-refractivity contribution >= 4 is 17.8 Å². The number of methoxy groups -OCH3 is 1. The van der Waals surface area contributed by atoms with Crippen LogP contribution in [0, 0.1) is 0 Å². The molecule has 0 aliphatic carbocycles. The molecular weight excluding hydrogens is 384 g/mol. The van der Waals surface area contributed by atoms with E-state index in [2.05, 4.69) is 25.7 Å². The van der Waals surface area contributed by atoms with Crippen LogP contribution in [0.15, 0.2) is 60.8 Å². The second kappa shape index (κ2) is 8.08. The van der Waals surface area contributed by atoms with Crippen molar-refractivity contribution in [2.75, 3.05) is 12.4 Å². The van der Waals surface area contributed by atoms with Gasteiger partial charge in [0.15, 0.2) is 0 Å². The van der Waals surface area contributed by atoms with Crippen molar-refractivity contribution in [1.29, 1.82) is 0 Å². The normalized spacial score (nSPS) is 11.8. The number of ether oxygens (including phenoxy) is 1. The summed E-state index contributed by atoms with van der Waals surface area (Å²) in [7, 11) is 1.60. The molecule has 152 valence electrons. The van der Waals surface area contributed by atoms with E-state index in [4.69, 9.17) is 4.74 Å². The predicted molar refractivity (Wildman–Crippen MR) is 111 cm³/mol. The fourth-order valence-electron chi connectivity index (χ4n) is 3.03. The molecule has 4 aromatic rings. The maximum absolute atomic E-state index is 12.4. The zero-order chi connectivity index (χ0) is 21.1. The van der Waals surface area contributed by atoms with E-state index in [0.29, 0.717) is 5.78 Å². The van der Waals surface area contributed by atoms with Crippen LogP contribution in [0.4, 0.5) is 10.7 Å². The number of phenols is 1. The standard InChI is InChI=1S/C21H20N6O3/c1-13(15-4-3-5-17(12-15)30-2)23-21(29)25-19-24-20-22-11-10-18(27(20)26-19)14-6-8-16(28)9-7-14/h3-13,28H,1-2H3,(H2,23,25,26,29)/t13-/m0/s1. The van der Waals surface area contributed by atoms with E-state index in [0.717, 1.165) is 22.6 Å². The van der Waals surface area contributed by atoms with E-state index < -0.39 is 6.03 Å². The smallest absolute Gasteiger partial charge is 0.322 e. The van der Waals surface area contributed by atoms with Crippen molar-refractivity contribution in [2.24, 2.45) is 0 Å². The number of urea groups is 1. The molecule has 0 saturated carbocycles. The van der Waals surface area contributed by atoms with Crippen molar-refractivity contribution < 1.29 is 14.6 Å². The summed E-state index contributed by atoms with van der Waals surface area (Å²) in [6.45, 7) is 1.87. The molecule has 0 spiro atoms. The Morgan fingerprint density at radius 1 is 1.17 bits per heavy atom. The Kier molecular flexibility index (Phi) is 5.17. The SMILES string of the molecule is COc1cccc([C@H](C)NC(=O)Nc2nc3nccc(-c4ccc(O)cc4)n3n2)c1. The molecule has 4 rings (SSSR count). The maximum atomic E-state index is 12.4. The van der Waals surface area contributed by atoms with Crippen molar-refractivity contribution in [3.8, 4) is 22.8 Å². The average molecular weight is 404 g/mol. The number of phenolic OH excluding ortho intramolecular Hbond substituents is 1. The van der Waals surface area contributed by atoms with Gasteiger partial charge in [0.1, 0.15) is 11.5 Å². The highest BCUT2D eigenvalue weighted by Crippen LogP contribution is 2.22. The lowest BCUT2D eigenvalue weighted by atomic mass is 10.1. The summed E-state index contributed by atoms with van der Waals surface area (Å²) >= 11 is 0. The first kappa shape index (κ1) is 19.2. The molecule has 0 unspecified atom stereocenters. The molecule has 0 radical (unpaired) electrons. The Labute approximate surface area is 172 Å². The van der Waals surface area contributed by atoms with Gasteiger partial charge in [-0.25, -0.2) is 9.78 Å². The van der Waals surface area contributed by atoms with Gasteiger partial charge in [0, 0.05) is 11.8 Å². The molecule has 0 aliphatic heterocycles. The number of fused-ring (bicyclic) bond motifs is 1. The molecule has 2 aromatic carbocycles. The second-order valence-electron chi connectivity index (χ2n) is 6.62. The van der Waals surface area contributed by atoms with Gasteiger partial charge in [-0.2, -0.15) is 9.50 Å². The zero-order valence-electron chi connectivity index (χ0n) is 16.4. The number of benzene rings is 2. The van der Waals surface area contributed by atoms with E-state index in [1.807, 2.05) is 31.2 Å². The lowest BCUT2D eigenvalue weighted by Gasteiger charge is -2.14. The Morgan fingerprint density at radius 2 is 1.97 bits per heavy atom. The number of aromatic nitrogens is 4. The summed E-state index contributed by atoms with van der Waals surface area (Å²) < 4.78 is 6.76. The number of hydrogen-bond donors (Lipinski definition) is 3. The number of amides is 2. The van der Waals surface area contributed by atoms with Crippen LogP contribution in [0.5, 0.6) is 11.5 Å². The molecule has 3 N–H and O–H groups in total. The third-order valence-corrected chi connectivity index (χ3v) is 4.57. The first-order valence-corrected chi connectivity index (χ1v) is 9.26. The zero-order valence-corrected chi connectivity index (χ0v) is 16.4. The van der Waals surface area contributed by atoms with E-state index >= 15 is 0 Å². The molecule has 2 aromatic heterocycles. The maximum Gasteiger partial charge on any atom is 0.322 e. The molecule has 2 heterocycles. The van der Waals surface area contributed by atoms with Crippen LogP contribution >= 0.6 is 0 Å². The summed E-state index contributed by atoms with van der Waals surface area (Å²) in [5.74, 6) is 1.36. The Balaban J connectivity index is 1.52. The molecule has 0 fully saturated rings. The molecule has 1 atom stereocenters. The molecule has 0 saturated heterocycles. The number of anilines is 1. The number of carbonyl (C=O) groups excluding carboxylic acids is 1. The van der Waals surface area contributed by atoms with Crippen LogP contribution in [0.25, 0.3) is 17.0 Å². The number of nitrogens with one attached hydrogen (secondary N) is 2. The van der Waals surface area contributed by atoms with Crippen molar-refractivity contribution in [2.45, 2.75) is 13.0 Å². The van der Waals surface area contributed by atoms with E-state index in [1.54, 1.807) is 43.6 Å². The van der Waals surface area contributed by atoms with Crippen molar-refractivity contribution in [3.05, 3.63) is 66.4 Å². The van der Waals surface area contributed by atoms with Crippen LogP contribution in [-0.4, -0.2) is 37.8 Å². The fraction of sp³-hybridized carbons (Fsp3) is 0.143. The first-order valence-electron chi connectivity index (χ1n) is 9.26. The van der Waals surface area contributed by atoms with Gasteiger partial charge in [-0.3, -0.25) is 5.32 Å². The molecule has 30 heavy (non-hydrogen) atoms. The minimum atomic E-state index is -0.438. The van der Waals surface area contributed by atoms with Gasteiger partial charge in [0.2, 0.25) is 0 Å². The Morgan fingerprint density at radius 3 is 2.73 bits per heavy atom. The van der Waals surface area contributed by atoms with Gasteiger partial charge in [0.05, 0.1) is 18.8 Å². The minimum absolute atomic E-state index is 0.129. The van der Waals surface area contributed by atoms with Gasteiger partial charge < -0.3 is 15.2 Å². The summed E-state index contributed by atoms with van der Waals surface area (Å²) in [6, 6.07) is 15.3. The first-order chi connectivity index (χ1) is 14.5. The lowest BCUT2D eigenvalue weighted by Crippen LogP contribution is -2.31. The largest absolute Gasteiger partial charge is 0.508 e. The highest BCUT2D eigenvalue weighted by Gasteiger charge is 2.14. The van der Waals surface area contributed by atoms with E-state index in [9.17, 15) is 9.90 Å². The second-order valence-corrected chi connectivity index (χ2v) is 6.62. The number of rotatable bonds is 5. The van der Waals surface area contributed by atoms with Crippen molar-refractivity contribution in [1.82, 2.24) is 24.9 Å². The van der Waals surface area contributed by atoms with Crippen LogP contribution in [0.1, 0.15) is 18.5 Å². The van der Waals surface area contributed by atoms with Crippen LogP contribution < -0.4 is 15.4 Å². The Bertz CT molecular complexity index is 1190. The van der Waals surface area contributed by atoms with Gasteiger partial charge in [0.25, 0.3) is 11.7 Å². The van der Waals surface area contributed by atoms with Crippen molar-refractivity contribution in [3.63, 3.8) is 0 Å².